The molecule has 0 aromatic heterocycles. The van der Waals surface area contributed by atoms with E-state index in [9.17, 15) is 8.42 Å². The maximum absolute atomic E-state index is 12.0. The van der Waals surface area contributed by atoms with Gasteiger partial charge in [-0.3, -0.25) is 4.90 Å². The molecule has 1 aliphatic carbocycles. The van der Waals surface area contributed by atoms with Gasteiger partial charge in [0, 0.05) is 44.8 Å². The molecule has 1 aromatic carbocycles. The summed E-state index contributed by atoms with van der Waals surface area (Å²) in [6, 6.07) is 11.9. The van der Waals surface area contributed by atoms with E-state index < -0.39 is 10.0 Å². The Morgan fingerprint density at radius 1 is 1.04 bits per heavy atom. The van der Waals surface area contributed by atoms with Crippen LogP contribution in [0.2, 0.25) is 0 Å². The van der Waals surface area contributed by atoms with Gasteiger partial charge >= 0.3 is 0 Å². The Balaban J connectivity index is 1.28. The minimum Gasteiger partial charge on any atom is -0.311 e. The summed E-state index contributed by atoms with van der Waals surface area (Å²) in [5.41, 5.74) is 1.41. The van der Waals surface area contributed by atoms with Crippen molar-refractivity contribution in [2.24, 2.45) is 11.8 Å². The molecule has 3 aliphatic rings. The van der Waals surface area contributed by atoms with Gasteiger partial charge in [-0.25, -0.2) is 12.7 Å². The smallest absolute Gasteiger partial charge is 0.213 e. The molecule has 0 amide bonds. The number of piperidine rings is 1. The van der Waals surface area contributed by atoms with Crippen molar-refractivity contribution in [3.05, 3.63) is 35.9 Å². The summed E-state index contributed by atoms with van der Waals surface area (Å²) in [6.45, 7) is 6.57. The van der Waals surface area contributed by atoms with Crippen molar-refractivity contribution in [2.75, 3.05) is 31.9 Å². The molecule has 4 rings (SSSR count). The molecule has 0 radical (unpaired) electrons. The number of rotatable bonds is 6. The van der Waals surface area contributed by atoms with Crippen LogP contribution in [0.4, 0.5) is 0 Å². The summed E-state index contributed by atoms with van der Waals surface area (Å²) >= 11 is 0. The fourth-order valence-electron chi connectivity index (χ4n) is 5.32. The van der Waals surface area contributed by atoms with Gasteiger partial charge in [0.25, 0.3) is 0 Å². The van der Waals surface area contributed by atoms with Crippen LogP contribution in [0.5, 0.6) is 0 Å². The molecule has 3 fully saturated rings. The molecular formula is C21H33N3O2S. The Labute approximate surface area is 164 Å². The largest absolute Gasteiger partial charge is 0.311 e. The van der Waals surface area contributed by atoms with Crippen molar-refractivity contribution in [1.29, 1.82) is 0 Å². The molecule has 150 valence electrons. The average Bonchev–Trinajstić information content (AvgIpc) is 3.24. The average molecular weight is 392 g/mol. The Bertz CT molecular complexity index is 716. The Hall–Kier alpha value is -0.950. The minimum absolute atomic E-state index is 0.217. The third-order valence-corrected chi connectivity index (χ3v) is 8.72. The number of nitrogens with one attached hydrogen (secondary N) is 1. The molecule has 3 atom stereocenters. The molecule has 0 bridgehead atoms. The van der Waals surface area contributed by atoms with Crippen LogP contribution >= 0.6 is 0 Å². The third-order valence-electron chi connectivity index (χ3n) is 6.84. The number of benzene rings is 1. The van der Waals surface area contributed by atoms with E-state index in [-0.39, 0.29) is 5.75 Å². The van der Waals surface area contributed by atoms with E-state index in [0.29, 0.717) is 25.2 Å². The molecule has 0 spiro atoms. The van der Waals surface area contributed by atoms with Crippen molar-refractivity contribution < 1.29 is 8.42 Å². The van der Waals surface area contributed by atoms with Crippen molar-refractivity contribution in [3.63, 3.8) is 0 Å². The van der Waals surface area contributed by atoms with E-state index in [1.807, 2.05) is 0 Å². The molecule has 2 saturated heterocycles. The van der Waals surface area contributed by atoms with Gasteiger partial charge in [0.15, 0.2) is 0 Å². The maximum atomic E-state index is 12.0. The zero-order chi connectivity index (χ0) is 18.9. The molecule has 6 heteroatoms. The summed E-state index contributed by atoms with van der Waals surface area (Å²) in [5.74, 6) is 1.80. The Morgan fingerprint density at radius 3 is 2.48 bits per heavy atom. The zero-order valence-corrected chi connectivity index (χ0v) is 17.2. The van der Waals surface area contributed by atoms with Crippen LogP contribution in [-0.2, 0) is 16.6 Å². The highest BCUT2D eigenvalue weighted by atomic mass is 32.2. The molecule has 1 aromatic rings. The predicted molar refractivity (Wildman–Crippen MR) is 109 cm³/mol. The van der Waals surface area contributed by atoms with Crippen LogP contribution < -0.4 is 5.32 Å². The minimum atomic E-state index is -3.02. The quantitative estimate of drug-likeness (QED) is 0.808. The number of hydrogen-bond acceptors (Lipinski definition) is 4. The number of likely N-dealkylation sites (tertiary alicyclic amines) is 1. The standard InChI is InChI=1S/C21H33N3O2S/c1-2-27(25,26)24-12-10-19(11-13-24)22-21-9-8-18-15-23(16-20(18)21)14-17-6-4-3-5-7-17/h3-7,18-22H,2,8-16H2,1H3/t18-,20-,21-/m1/s1. The van der Waals surface area contributed by atoms with E-state index in [4.69, 9.17) is 0 Å². The Morgan fingerprint density at radius 2 is 1.78 bits per heavy atom. The summed E-state index contributed by atoms with van der Waals surface area (Å²) < 4.78 is 25.8. The lowest BCUT2D eigenvalue weighted by Crippen LogP contribution is -2.49. The number of nitrogens with zero attached hydrogens (tertiary/aromatic N) is 2. The highest BCUT2D eigenvalue weighted by molar-refractivity contribution is 7.89. The van der Waals surface area contributed by atoms with Crippen molar-refractivity contribution >= 4 is 10.0 Å². The lowest BCUT2D eigenvalue weighted by molar-refractivity contribution is 0.243. The van der Waals surface area contributed by atoms with Gasteiger partial charge in [-0.2, -0.15) is 0 Å². The Kier molecular flexibility index (Phi) is 5.88. The van der Waals surface area contributed by atoms with E-state index in [1.54, 1.807) is 11.2 Å². The van der Waals surface area contributed by atoms with Gasteiger partial charge in [-0.1, -0.05) is 30.3 Å². The normalized spacial score (nSPS) is 30.6. The molecular weight excluding hydrogens is 358 g/mol. The van der Waals surface area contributed by atoms with E-state index in [2.05, 4.69) is 40.5 Å². The van der Waals surface area contributed by atoms with E-state index in [0.717, 1.165) is 31.2 Å². The second-order valence-corrected chi connectivity index (χ2v) is 10.8. The van der Waals surface area contributed by atoms with Crippen LogP contribution in [-0.4, -0.2) is 61.6 Å². The van der Waals surface area contributed by atoms with Gasteiger partial charge in [0.05, 0.1) is 5.75 Å². The fraction of sp³-hybridized carbons (Fsp3) is 0.714. The molecule has 2 heterocycles. The van der Waals surface area contributed by atoms with Crippen molar-refractivity contribution in [2.45, 2.75) is 51.2 Å². The van der Waals surface area contributed by atoms with E-state index >= 15 is 0 Å². The molecule has 27 heavy (non-hydrogen) atoms. The molecule has 5 nitrogen and oxygen atoms in total. The van der Waals surface area contributed by atoms with Crippen molar-refractivity contribution in [1.82, 2.24) is 14.5 Å². The predicted octanol–water partition coefficient (Wildman–Crippen LogP) is 2.30. The first-order chi connectivity index (χ1) is 13.0. The summed E-state index contributed by atoms with van der Waals surface area (Å²) in [7, 11) is -3.02. The number of fused-ring (bicyclic) bond motifs is 1. The monoisotopic (exact) mass is 391 g/mol. The topological polar surface area (TPSA) is 52.7 Å². The van der Waals surface area contributed by atoms with Crippen LogP contribution in [0.15, 0.2) is 30.3 Å². The fourth-order valence-corrected chi connectivity index (χ4v) is 6.45. The highest BCUT2D eigenvalue weighted by Crippen LogP contribution is 2.39. The summed E-state index contributed by atoms with van der Waals surface area (Å²) in [6.07, 6.45) is 4.50. The summed E-state index contributed by atoms with van der Waals surface area (Å²) in [5, 5.41) is 3.92. The third kappa shape index (κ3) is 4.39. The molecule has 1 saturated carbocycles. The first-order valence-corrected chi connectivity index (χ1v) is 12.2. The molecule has 0 unspecified atom stereocenters. The zero-order valence-electron chi connectivity index (χ0n) is 16.4. The van der Waals surface area contributed by atoms with Crippen molar-refractivity contribution in [3.8, 4) is 0 Å². The van der Waals surface area contributed by atoms with E-state index in [1.165, 1.54) is 31.5 Å². The van der Waals surface area contributed by atoms with Crippen LogP contribution in [0, 0.1) is 11.8 Å². The first-order valence-electron chi connectivity index (χ1n) is 10.6. The maximum Gasteiger partial charge on any atom is 0.213 e. The lowest BCUT2D eigenvalue weighted by Gasteiger charge is -2.34. The van der Waals surface area contributed by atoms with Gasteiger partial charge in [0.1, 0.15) is 0 Å². The van der Waals surface area contributed by atoms with Gasteiger partial charge in [-0.15, -0.1) is 0 Å². The highest BCUT2D eigenvalue weighted by Gasteiger charge is 2.43. The van der Waals surface area contributed by atoms with Crippen LogP contribution in [0.25, 0.3) is 0 Å². The van der Waals surface area contributed by atoms with Gasteiger partial charge < -0.3 is 5.32 Å². The van der Waals surface area contributed by atoms with Gasteiger partial charge in [-0.05, 0) is 50.0 Å². The molecule has 2 aliphatic heterocycles. The summed E-state index contributed by atoms with van der Waals surface area (Å²) in [4.78, 5) is 2.62. The first kappa shape index (κ1) is 19.4. The van der Waals surface area contributed by atoms with Crippen LogP contribution in [0.3, 0.4) is 0 Å². The SMILES string of the molecule is CCS(=O)(=O)N1CCC(N[C@@H]2CC[C@@H]3CN(Cc4ccccc4)C[C@H]32)CC1. The van der Waals surface area contributed by atoms with Gasteiger partial charge in [0.2, 0.25) is 10.0 Å². The number of hydrogen-bond donors (Lipinski definition) is 1. The second kappa shape index (κ2) is 8.19. The second-order valence-electron chi connectivity index (χ2n) is 8.53. The van der Waals surface area contributed by atoms with Crippen LogP contribution in [0.1, 0.15) is 38.2 Å². The number of sulfonamides is 1. The lowest BCUT2D eigenvalue weighted by atomic mass is 9.96. The molecule has 1 N–H and O–H groups in total.